The lowest BCUT2D eigenvalue weighted by Crippen LogP contribution is -2.32. The maximum Gasteiger partial charge on any atom is 0.308 e. The summed E-state index contributed by atoms with van der Waals surface area (Å²) in [5.41, 5.74) is 1.78. The molecular formula is C15H18N2O4. The molecular weight excluding hydrogens is 272 g/mol. The fraction of sp³-hybridized carbons (Fsp3) is 0.333. The van der Waals surface area contributed by atoms with Gasteiger partial charge in [0, 0.05) is 23.6 Å². The minimum Gasteiger partial charge on any atom is -0.497 e. The van der Waals surface area contributed by atoms with Crippen molar-refractivity contribution in [2.75, 3.05) is 13.7 Å². The average molecular weight is 290 g/mol. The molecule has 3 N–H and O–H groups in total. The number of aliphatic carboxylic acids is 1. The number of aromatic nitrogens is 1. The lowest BCUT2D eigenvalue weighted by atomic mass is 10.1. The van der Waals surface area contributed by atoms with E-state index < -0.39 is 11.9 Å². The Morgan fingerprint density at radius 3 is 2.86 bits per heavy atom. The lowest BCUT2D eigenvalue weighted by molar-refractivity contribution is -0.141. The van der Waals surface area contributed by atoms with Crippen LogP contribution in [0.1, 0.15) is 12.5 Å². The van der Waals surface area contributed by atoms with Gasteiger partial charge in [0.1, 0.15) is 5.75 Å². The number of nitrogens with one attached hydrogen (secondary N) is 2. The third-order valence-electron chi connectivity index (χ3n) is 3.35. The van der Waals surface area contributed by atoms with Gasteiger partial charge in [-0.2, -0.15) is 0 Å². The van der Waals surface area contributed by atoms with E-state index in [1.807, 2.05) is 18.2 Å². The first-order chi connectivity index (χ1) is 10.0. The van der Waals surface area contributed by atoms with Crippen LogP contribution in [0.4, 0.5) is 0 Å². The van der Waals surface area contributed by atoms with Crippen LogP contribution in [0.3, 0.4) is 0 Å². The first kappa shape index (κ1) is 14.9. The first-order valence-corrected chi connectivity index (χ1v) is 6.64. The highest BCUT2D eigenvalue weighted by Gasteiger charge is 2.14. The van der Waals surface area contributed by atoms with E-state index in [9.17, 15) is 9.59 Å². The Kier molecular flexibility index (Phi) is 4.47. The molecule has 1 aromatic heterocycles. The van der Waals surface area contributed by atoms with Gasteiger partial charge in [-0.25, -0.2) is 0 Å². The maximum atomic E-state index is 11.9. The SMILES string of the molecule is COc1ccc2[nH]cc(CC(=O)NCC(C)C(=O)O)c2c1. The fourth-order valence-electron chi connectivity index (χ4n) is 2.02. The molecule has 0 aliphatic heterocycles. The minimum absolute atomic E-state index is 0.125. The van der Waals surface area contributed by atoms with Crippen LogP contribution in [0.25, 0.3) is 10.9 Å². The number of hydrogen-bond acceptors (Lipinski definition) is 3. The average Bonchev–Trinajstić information content (AvgIpc) is 2.86. The number of rotatable bonds is 6. The number of amides is 1. The van der Waals surface area contributed by atoms with Gasteiger partial charge in [-0.3, -0.25) is 9.59 Å². The molecule has 0 radical (unpaired) electrons. The number of fused-ring (bicyclic) bond motifs is 1. The molecule has 0 fully saturated rings. The second-order valence-electron chi connectivity index (χ2n) is 4.95. The Balaban J connectivity index is 2.05. The third kappa shape index (κ3) is 3.53. The van der Waals surface area contributed by atoms with Gasteiger partial charge in [0.15, 0.2) is 0 Å². The maximum absolute atomic E-state index is 11.9. The molecule has 1 aromatic carbocycles. The van der Waals surface area contributed by atoms with Crippen LogP contribution >= 0.6 is 0 Å². The molecule has 0 saturated heterocycles. The second-order valence-corrected chi connectivity index (χ2v) is 4.95. The topological polar surface area (TPSA) is 91.4 Å². The molecule has 112 valence electrons. The molecule has 1 amide bonds. The number of ether oxygens (including phenoxy) is 1. The van der Waals surface area contributed by atoms with E-state index >= 15 is 0 Å². The van der Waals surface area contributed by atoms with Gasteiger partial charge in [0.2, 0.25) is 5.91 Å². The Hall–Kier alpha value is -2.50. The summed E-state index contributed by atoms with van der Waals surface area (Å²) in [4.78, 5) is 25.7. The molecule has 0 bridgehead atoms. The zero-order valence-electron chi connectivity index (χ0n) is 12.0. The summed E-state index contributed by atoms with van der Waals surface area (Å²) >= 11 is 0. The normalized spacial score (nSPS) is 12.1. The molecule has 0 saturated carbocycles. The molecule has 1 atom stereocenters. The number of benzene rings is 1. The fourth-order valence-corrected chi connectivity index (χ4v) is 2.02. The number of methoxy groups -OCH3 is 1. The number of aromatic amines is 1. The summed E-state index contributed by atoms with van der Waals surface area (Å²) in [6.07, 6.45) is 1.98. The van der Waals surface area contributed by atoms with Crippen LogP contribution in [0.15, 0.2) is 24.4 Å². The highest BCUT2D eigenvalue weighted by atomic mass is 16.5. The first-order valence-electron chi connectivity index (χ1n) is 6.64. The van der Waals surface area contributed by atoms with E-state index in [1.165, 1.54) is 0 Å². The van der Waals surface area contributed by atoms with Crippen molar-refractivity contribution >= 4 is 22.8 Å². The molecule has 0 aliphatic rings. The summed E-state index contributed by atoms with van der Waals surface area (Å²) in [6, 6.07) is 5.60. The summed E-state index contributed by atoms with van der Waals surface area (Å²) in [6.45, 7) is 1.68. The van der Waals surface area contributed by atoms with Crippen molar-refractivity contribution in [1.82, 2.24) is 10.3 Å². The van der Waals surface area contributed by atoms with Crippen LogP contribution in [-0.2, 0) is 16.0 Å². The van der Waals surface area contributed by atoms with Gasteiger partial charge < -0.3 is 20.1 Å². The van der Waals surface area contributed by atoms with Crippen molar-refractivity contribution in [3.8, 4) is 5.75 Å². The number of carboxylic acid groups (broad SMARTS) is 1. The third-order valence-corrected chi connectivity index (χ3v) is 3.35. The smallest absolute Gasteiger partial charge is 0.308 e. The van der Waals surface area contributed by atoms with Crippen LogP contribution < -0.4 is 10.1 Å². The molecule has 6 nitrogen and oxygen atoms in total. The van der Waals surface area contributed by atoms with E-state index in [-0.39, 0.29) is 18.9 Å². The number of carboxylic acids is 1. The molecule has 1 heterocycles. The van der Waals surface area contributed by atoms with Gasteiger partial charge in [0.25, 0.3) is 0 Å². The van der Waals surface area contributed by atoms with Crippen molar-refractivity contribution in [3.05, 3.63) is 30.0 Å². The molecule has 2 aromatic rings. The van der Waals surface area contributed by atoms with Crippen molar-refractivity contribution in [3.63, 3.8) is 0 Å². The summed E-state index contributed by atoms with van der Waals surface area (Å²) in [5.74, 6) is -1.00. The summed E-state index contributed by atoms with van der Waals surface area (Å²) in [7, 11) is 1.59. The second kappa shape index (κ2) is 6.30. The zero-order valence-corrected chi connectivity index (χ0v) is 12.0. The Morgan fingerprint density at radius 2 is 2.19 bits per heavy atom. The number of carbonyl (C=O) groups excluding carboxylic acids is 1. The minimum atomic E-state index is -0.924. The highest BCUT2D eigenvalue weighted by Crippen LogP contribution is 2.23. The van der Waals surface area contributed by atoms with Crippen LogP contribution in [-0.4, -0.2) is 35.6 Å². The van der Waals surface area contributed by atoms with Crippen molar-refractivity contribution in [2.24, 2.45) is 5.92 Å². The summed E-state index contributed by atoms with van der Waals surface area (Å²) in [5, 5.41) is 12.3. The molecule has 21 heavy (non-hydrogen) atoms. The van der Waals surface area contributed by atoms with Gasteiger partial charge >= 0.3 is 5.97 Å². The molecule has 0 spiro atoms. The number of hydrogen-bond donors (Lipinski definition) is 3. The van der Waals surface area contributed by atoms with Crippen LogP contribution in [0.2, 0.25) is 0 Å². The Morgan fingerprint density at radius 1 is 1.43 bits per heavy atom. The van der Waals surface area contributed by atoms with Gasteiger partial charge in [-0.1, -0.05) is 6.92 Å². The molecule has 2 rings (SSSR count). The van der Waals surface area contributed by atoms with Crippen LogP contribution in [0, 0.1) is 5.92 Å². The summed E-state index contributed by atoms with van der Waals surface area (Å²) < 4.78 is 5.18. The van der Waals surface area contributed by atoms with E-state index in [1.54, 1.807) is 20.2 Å². The van der Waals surface area contributed by atoms with E-state index in [0.717, 1.165) is 22.2 Å². The van der Waals surface area contributed by atoms with Crippen molar-refractivity contribution < 1.29 is 19.4 Å². The number of H-pyrrole nitrogens is 1. The lowest BCUT2D eigenvalue weighted by Gasteiger charge is -2.08. The predicted octanol–water partition coefficient (Wildman–Crippen LogP) is 1.56. The van der Waals surface area contributed by atoms with Crippen molar-refractivity contribution in [2.45, 2.75) is 13.3 Å². The standard InChI is InChI=1S/C15H18N2O4/c1-9(15(19)20)7-17-14(18)5-10-8-16-13-4-3-11(21-2)6-12(10)13/h3-4,6,8-9,16H,5,7H2,1-2H3,(H,17,18)(H,19,20). The monoisotopic (exact) mass is 290 g/mol. The van der Waals surface area contributed by atoms with Crippen LogP contribution in [0.5, 0.6) is 5.75 Å². The Labute approximate surface area is 122 Å². The van der Waals surface area contributed by atoms with Gasteiger partial charge in [-0.15, -0.1) is 0 Å². The largest absolute Gasteiger partial charge is 0.497 e. The molecule has 1 unspecified atom stereocenters. The predicted molar refractivity (Wildman–Crippen MR) is 78.4 cm³/mol. The van der Waals surface area contributed by atoms with E-state index in [0.29, 0.717) is 0 Å². The van der Waals surface area contributed by atoms with E-state index in [4.69, 9.17) is 9.84 Å². The zero-order chi connectivity index (χ0) is 15.4. The van der Waals surface area contributed by atoms with Gasteiger partial charge in [-0.05, 0) is 23.8 Å². The quantitative estimate of drug-likeness (QED) is 0.753. The highest BCUT2D eigenvalue weighted by molar-refractivity contribution is 5.89. The Bertz CT molecular complexity index is 663. The molecule has 0 aliphatic carbocycles. The van der Waals surface area contributed by atoms with Crippen molar-refractivity contribution in [1.29, 1.82) is 0 Å². The number of carbonyl (C=O) groups is 2. The van der Waals surface area contributed by atoms with Gasteiger partial charge in [0.05, 0.1) is 19.4 Å². The molecule has 6 heteroatoms. The van der Waals surface area contributed by atoms with E-state index in [2.05, 4.69) is 10.3 Å².